The van der Waals surface area contributed by atoms with Gasteiger partial charge in [-0.3, -0.25) is 0 Å². The van der Waals surface area contributed by atoms with Crippen molar-refractivity contribution in [2.75, 3.05) is 20.1 Å². The van der Waals surface area contributed by atoms with Gasteiger partial charge in [-0.1, -0.05) is 11.2 Å². The normalized spacial score (nSPS) is 15.9. The molecule has 1 aliphatic rings. The lowest BCUT2D eigenvalue weighted by Crippen LogP contribution is -2.28. The van der Waals surface area contributed by atoms with Crippen molar-refractivity contribution in [1.82, 2.24) is 4.90 Å². The molecule has 0 spiro atoms. The summed E-state index contributed by atoms with van der Waals surface area (Å²) in [6, 6.07) is 0. The third kappa shape index (κ3) is 7.64. The maximum Gasteiger partial charge on any atom is 0.0956 e. The summed E-state index contributed by atoms with van der Waals surface area (Å²) < 4.78 is 0. The number of nitrogens with zero attached hydrogens (tertiary/aromatic N) is 3. The van der Waals surface area contributed by atoms with Crippen LogP contribution >= 0.6 is 0 Å². The molecule has 5 heteroatoms. The van der Waals surface area contributed by atoms with Crippen LogP contribution in [-0.2, 0) is 0 Å². The van der Waals surface area contributed by atoms with Gasteiger partial charge < -0.3 is 15.3 Å². The summed E-state index contributed by atoms with van der Waals surface area (Å²) in [4.78, 5) is 2.18. The van der Waals surface area contributed by atoms with Crippen LogP contribution in [0.2, 0.25) is 0 Å². The van der Waals surface area contributed by atoms with Gasteiger partial charge in [-0.05, 0) is 19.0 Å². The molecule has 1 aliphatic heterocycles. The van der Waals surface area contributed by atoms with Gasteiger partial charge in [0, 0.05) is 19.5 Å². The fraction of sp³-hybridized carbons (Fsp3) is 0.429. The first-order valence-corrected chi connectivity index (χ1v) is 5.81. The van der Waals surface area contributed by atoms with Crippen LogP contribution in [0.1, 0.15) is 19.3 Å². The minimum Gasteiger partial charge on any atom is -0.411 e. The summed E-state index contributed by atoms with van der Waals surface area (Å²) in [5, 5.41) is 22.3. The van der Waals surface area contributed by atoms with Crippen LogP contribution < -0.4 is 0 Å². The fourth-order valence-corrected chi connectivity index (χ4v) is 1.51. The van der Waals surface area contributed by atoms with Gasteiger partial charge in [-0.25, -0.2) is 0 Å². The molecule has 5 nitrogen and oxygen atoms in total. The molecule has 0 aromatic rings. The highest BCUT2D eigenvalue weighted by Crippen LogP contribution is 2.11. The van der Waals surface area contributed by atoms with Crippen molar-refractivity contribution in [3.8, 4) is 24.7 Å². The smallest absolute Gasteiger partial charge is 0.0956 e. The summed E-state index contributed by atoms with van der Waals surface area (Å²) in [7, 11) is 2.04. The Labute approximate surface area is 114 Å². The first-order valence-electron chi connectivity index (χ1n) is 5.81. The maximum atomic E-state index is 8.73. The van der Waals surface area contributed by atoms with Crippen molar-refractivity contribution in [3.05, 3.63) is 11.6 Å². The van der Waals surface area contributed by atoms with Crippen molar-refractivity contribution in [1.29, 1.82) is 0 Å². The van der Waals surface area contributed by atoms with Crippen LogP contribution in [0.5, 0.6) is 0 Å². The summed E-state index contributed by atoms with van der Waals surface area (Å²) >= 11 is 0. The third-order valence-electron chi connectivity index (χ3n) is 2.39. The highest BCUT2D eigenvalue weighted by molar-refractivity contribution is 6.01. The van der Waals surface area contributed by atoms with Crippen molar-refractivity contribution >= 4 is 11.9 Å². The summed E-state index contributed by atoms with van der Waals surface area (Å²) in [6.07, 6.45) is 15.1. The Kier molecular flexibility index (Phi) is 9.60. The lowest BCUT2D eigenvalue weighted by molar-refractivity contribution is 0.315. The van der Waals surface area contributed by atoms with E-state index in [0.29, 0.717) is 18.6 Å². The number of hydrogen-bond acceptors (Lipinski definition) is 5. The van der Waals surface area contributed by atoms with Gasteiger partial charge in [0.2, 0.25) is 0 Å². The molecule has 1 heterocycles. The fourth-order valence-electron chi connectivity index (χ4n) is 1.51. The number of rotatable bonds is 3. The van der Waals surface area contributed by atoms with Crippen LogP contribution in [0.25, 0.3) is 0 Å². The van der Waals surface area contributed by atoms with Gasteiger partial charge in [0.05, 0.1) is 18.3 Å². The average Bonchev–Trinajstić information content (AvgIpc) is 2.43. The molecule has 0 fully saturated rings. The SMILES string of the molecule is C#CC/C(=N\O)C1=CCCN(C)C1.C#CC/C=N/O. The zero-order valence-corrected chi connectivity index (χ0v) is 11.1. The van der Waals surface area contributed by atoms with E-state index in [9.17, 15) is 0 Å². The Morgan fingerprint density at radius 1 is 1.47 bits per heavy atom. The molecular weight excluding hydrogens is 242 g/mol. The molecule has 0 aromatic carbocycles. The maximum absolute atomic E-state index is 8.73. The van der Waals surface area contributed by atoms with E-state index in [1.54, 1.807) is 0 Å². The Balaban J connectivity index is 0.000000459. The summed E-state index contributed by atoms with van der Waals surface area (Å²) in [5.41, 5.74) is 1.67. The standard InChI is InChI=1S/C10H14N2O.C4H5NO/c1-3-5-10(11-13)9-6-4-7-12(2)8-9;1-2-3-4-5-6/h1,6,13H,4-5,7-8H2,2H3;1,4,6H,3H2/b11-10+;5-4+. The van der Waals surface area contributed by atoms with Gasteiger partial charge in [-0.15, -0.1) is 29.8 Å². The summed E-state index contributed by atoms with van der Waals surface area (Å²) in [6.45, 7) is 1.87. The van der Waals surface area contributed by atoms with Crippen LogP contribution in [0, 0.1) is 24.7 Å². The lowest BCUT2D eigenvalue weighted by Gasteiger charge is -2.22. The van der Waals surface area contributed by atoms with E-state index in [0.717, 1.165) is 25.1 Å². The second-order valence-electron chi connectivity index (χ2n) is 3.89. The number of terminal acetylenes is 2. The zero-order valence-electron chi connectivity index (χ0n) is 11.1. The van der Waals surface area contributed by atoms with Crippen molar-refractivity contribution in [2.45, 2.75) is 19.3 Å². The number of hydrogen-bond donors (Lipinski definition) is 2. The first-order chi connectivity index (χ1) is 9.19. The second kappa shape index (κ2) is 10.9. The highest BCUT2D eigenvalue weighted by Gasteiger charge is 2.13. The van der Waals surface area contributed by atoms with Gasteiger partial charge in [0.25, 0.3) is 0 Å². The van der Waals surface area contributed by atoms with E-state index in [2.05, 4.69) is 33.1 Å². The van der Waals surface area contributed by atoms with Crippen molar-refractivity contribution < 1.29 is 10.4 Å². The first kappa shape index (κ1) is 16.8. The van der Waals surface area contributed by atoms with E-state index in [4.69, 9.17) is 23.3 Å². The van der Waals surface area contributed by atoms with Gasteiger partial charge in [0.1, 0.15) is 0 Å². The molecule has 0 radical (unpaired) electrons. The minimum atomic E-state index is 0.399. The topological polar surface area (TPSA) is 68.4 Å². The van der Waals surface area contributed by atoms with E-state index in [1.807, 2.05) is 7.05 Å². The zero-order chi connectivity index (χ0) is 14.5. The van der Waals surface area contributed by atoms with Crippen LogP contribution in [0.15, 0.2) is 22.0 Å². The Morgan fingerprint density at radius 2 is 2.21 bits per heavy atom. The largest absolute Gasteiger partial charge is 0.411 e. The Hall–Kier alpha value is -2.24. The van der Waals surface area contributed by atoms with E-state index in [1.165, 1.54) is 6.21 Å². The molecule has 0 bridgehead atoms. The van der Waals surface area contributed by atoms with Crippen LogP contribution in [0.3, 0.4) is 0 Å². The highest BCUT2D eigenvalue weighted by atomic mass is 16.4. The molecule has 2 N–H and O–H groups in total. The summed E-state index contributed by atoms with van der Waals surface area (Å²) in [5.74, 6) is 4.74. The predicted octanol–water partition coefficient (Wildman–Crippen LogP) is 1.57. The molecule has 0 amide bonds. The van der Waals surface area contributed by atoms with Gasteiger partial charge >= 0.3 is 0 Å². The molecule has 102 valence electrons. The van der Waals surface area contributed by atoms with Crippen molar-refractivity contribution in [3.63, 3.8) is 0 Å². The molecule has 0 aliphatic carbocycles. The molecule has 0 saturated carbocycles. The average molecular weight is 261 g/mol. The molecule has 0 unspecified atom stereocenters. The Bertz CT molecular complexity index is 425. The molecular formula is C14H19N3O2. The molecule has 19 heavy (non-hydrogen) atoms. The van der Waals surface area contributed by atoms with Gasteiger partial charge in [-0.2, -0.15) is 0 Å². The molecule has 0 atom stereocenters. The third-order valence-corrected chi connectivity index (χ3v) is 2.39. The van der Waals surface area contributed by atoms with Crippen LogP contribution in [-0.4, -0.2) is 47.4 Å². The number of oxime groups is 2. The predicted molar refractivity (Wildman–Crippen MR) is 76.6 cm³/mol. The van der Waals surface area contributed by atoms with E-state index in [-0.39, 0.29) is 0 Å². The lowest BCUT2D eigenvalue weighted by atomic mass is 10.0. The van der Waals surface area contributed by atoms with Crippen LogP contribution in [0.4, 0.5) is 0 Å². The quantitative estimate of drug-likeness (QED) is 0.351. The number of likely N-dealkylation sites (N-methyl/N-ethyl adjacent to an activating group) is 1. The van der Waals surface area contributed by atoms with E-state index < -0.39 is 0 Å². The molecule has 0 aromatic heterocycles. The Morgan fingerprint density at radius 3 is 2.63 bits per heavy atom. The molecule has 0 saturated heterocycles. The van der Waals surface area contributed by atoms with E-state index >= 15 is 0 Å². The van der Waals surface area contributed by atoms with Gasteiger partial charge in [0.15, 0.2) is 0 Å². The van der Waals surface area contributed by atoms with Crippen molar-refractivity contribution in [2.24, 2.45) is 10.3 Å². The monoisotopic (exact) mass is 261 g/mol. The second-order valence-corrected chi connectivity index (χ2v) is 3.89. The molecule has 1 rings (SSSR count). The minimum absolute atomic E-state index is 0.399.